The lowest BCUT2D eigenvalue weighted by atomic mass is 9.85. The Labute approximate surface area is 218 Å². The Bertz CT molecular complexity index is 1670. The number of aryl methyl sites for hydroxylation is 1. The first-order chi connectivity index (χ1) is 17.1. The Morgan fingerprint density at radius 3 is 2.74 bits per heavy atom. The molecule has 1 atom stereocenters. The van der Waals surface area contributed by atoms with E-state index >= 15 is 0 Å². The normalized spacial score (nSPS) is 16.9. The molecule has 0 saturated heterocycles. The lowest BCUT2D eigenvalue weighted by Crippen LogP contribution is -2.38. The molecule has 1 unspecified atom stereocenters. The van der Waals surface area contributed by atoms with Crippen molar-refractivity contribution < 1.29 is 9.47 Å². The molecule has 0 spiro atoms. The van der Waals surface area contributed by atoms with Crippen LogP contribution in [-0.4, -0.2) is 18.8 Å². The summed E-state index contributed by atoms with van der Waals surface area (Å²) >= 11 is 6.67. The van der Waals surface area contributed by atoms with Crippen molar-refractivity contribution in [2.75, 3.05) is 14.2 Å². The second kappa shape index (κ2) is 8.93. The van der Waals surface area contributed by atoms with Crippen LogP contribution in [0.2, 0.25) is 0 Å². The molecule has 6 rings (SSSR count). The van der Waals surface area contributed by atoms with Crippen LogP contribution in [-0.2, 0) is 6.42 Å². The zero-order valence-electron chi connectivity index (χ0n) is 19.1. The quantitative estimate of drug-likeness (QED) is 0.344. The predicted molar refractivity (Wildman–Crippen MR) is 144 cm³/mol. The smallest absolute Gasteiger partial charge is 0.271 e. The fourth-order valence-corrected chi connectivity index (χ4v) is 7.36. The van der Waals surface area contributed by atoms with Crippen LogP contribution in [0, 0.1) is 0 Å². The van der Waals surface area contributed by atoms with E-state index in [1.165, 1.54) is 28.0 Å². The van der Waals surface area contributed by atoms with E-state index < -0.39 is 0 Å². The van der Waals surface area contributed by atoms with Crippen molar-refractivity contribution in [1.29, 1.82) is 0 Å². The molecule has 2 aromatic heterocycles. The molecule has 1 aliphatic carbocycles. The standard InChI is InChI=1S/C27H21BrN2O3S2/c1-32-20-13-15(12-19(28)25(20)33-2)14-22-26(31)30-24(21-8-5-11-34-21)18-10-9-16-6-3-4-7-17(16)23(18)29-27(30)35-22/h3-8,11-14,24H,9-10H2,1-2H3. The summed E-state index contributed by atoms with van der Waals surface area (Å²) < 4.78 is 14.2. The first-order valence-electron chi connectivity index (χ1n) is 11.2. The molecule has 0 radical (unpaired) electrons. The predicted octanol–water partition coefficient (Wildman–Crippen LogP) is 5.16. The molecule has 0 N–H and O–H groups in total. The Balaban J connectivity index is 1.58. The van der Waals surface area contributed by atoms with Gasteiger partial charge in [-0.3, -0.25) is 9.36 Å². The van der Waals surface area contributed by atoms with Gasteiger partial charge in [0.15, 0.2) is 16.3 Å². The Morgan fingerprint density at radius 2 is 1.97 bits per heavy atom. The van der Waals surface area contributed by atoms with E-state index in [0.717, 1.165) is 38.3 Å². The summed E-state index contributed by atoms with van der Waals surface area (Å²) in [5.41, 5.74) is 5.56. The van der Waals surface area contributed by atoms with Gasteiger partial charge < -0.3 is 9.47 Å². The average molecular weight is 566 g/mol. The molecule has 4 aromatic rings. The molecular formula is C27H21BrN2O3S2. The van der Waals surface area contributed by atoms with Gasteiger partial charge in [0.05, 0.1) is 35.0 Å². The molecular weight excluding hydrogens is 544 g/mol. The number of fused-ring (bicyclic) bond motifs is 3. The molecule has 0 saturated carbocycles. The number of nitrogens with zero attached hydrogens (tertiary/aromatic N) is 2. The highest BCUT2D eigenvalue weighted by molar-refractivity contribution is 9.10. The maximum Gasteiger partial charge on any atom is 0.271 e. The lowest BCUT2D eigenvalue weighted by molar-refractivity contribution is 0.353. The molecule has 35 heavy (non-hydrogen) atoms. The third-order valence-electron chi connectivity index (χ3n) is 6.44. The SMILES string of the molecule is COc1cc(C=c2sc3n(c2=O)C(c2cccs2)C2=C(N=3)c3ccccc3CC2)cc(Br)c1OC. The number of rotatable bonds is 4. The number of hydrogen-bond donors (Lipinski definition) is 0. The fourth-order valence-electron chi connectivity index (χ4n) is 4.89. The van der Waals surface area contributed by atoms with E-state index in [4.69, 9.17) is 14.5 Å². The van der Waals surface area contributed by atoms with Crippen molar-refractivity contribution in [3.63, 3.8) is 0 Å². The van der Waals surface area contributed by atoms with E-state index in [2.05, 4.69) is 51.6 Å². The Kier molecular flexibility index (Phi) is 5.75. The maximum absolute atomic E-state index is 13.8. The third kappa shape index (κ3) is 3.71. The number of methoxy groups -OCH3 is 2. The number of thiazole rings is 1. The summed E-state index contributed by atoms with van der Waals surface area (Å²) in [6, 6.07) is 16.3. The summed E-state index contributed by atoms with van der Waals surface area (Å²) in [4.78, 5) is 20.8. The summed E-state index contributed by atoms with van der Waals surface area (Å²) in [6.07, 6.45) is 3.75. The van der Waals surface area contributed by atoms with Gasteiger partial charge >= 0.3 is 0 Å². The third-order valence-corrected chi connectivity index (χ3v) is 8.94. The van der Waals surface area contributed by atoms with Crippen molar-refractivity contribution in [2.45, 2.75) is 18.9 Å². The molecule has 0 bridgehead atoms. The van der Waals surface area contributed by atoms with Crippen LogP contribution < -0.4 is 24.4 Å². The number of benzene rings is 2. The topological polar surface area (TPSA) is 52.8 Å². The summed E-state index contributed by atoms with van der Waals surface area (Å²) in [5.74, 6) is 1.22. The lowest BCUT2D eigenvalue weighted by Gasteiger charge is -2.30. The van der Waals surface area contributed by atoms with Gasteiger partial charge in [0.2, 0.25) is 0 Å². The second-order valence-corrected chi connectivity index (χ2v) is 11.2. The van der Waals surface area contributed by atoms with E-state index in [1.807, 2.05) is 28.8 Å². The van der Waals surface area contributed by atoms with Gasteiger partial charge in [0.1, 0.15) is 0 Å². The van der Waals surface area contributed by atoms with Crippen molar-refractivity contribution in [1.82, 2.24) is 4.57 Å². The summed E-state index contributed by atoms with van der Waals surface area (Å²) in [7, 11) is 3.20. The molecule has 0 amide bonds. The number of allylic oxidation sites excluding steroid dienone is 1. The van der Waals surface area contributed by atoms with Crippen molar-refractivity contribution in [3.8, 4) is 11.5 Å². The second-order valence-electron chi connectivity index (χ2n) is 8.37. The van der Waals surface area contributed by atoms with E-state index in [9.17, 15) is 4.79 Å². The average Bonchev–Trinajstić information content (AvgIpc) is 3.51. The summed E-state index contributed by atoms with van der Waals surface area (Å²) in [6.45, 7) is 0. The van der Waals surface area contributed by atoms with Crippen molar-refractivity contribution >= 4 is 50.4 Å². The molecule has 1 aliphatic heterocycles. The van der Waals surface area contributed by atoms with E-state index in [-0.39, 0.29) is 11.6 Å². The van der Waals surface area contributed by atoms with Crippen LogP contribution in [0.3, 0.4) is 0 Å². The highest BCUT2D eigenvalue weighted by Gasteiger charge is 2.33. The molecule has 3 heterocycles. The number of thiophene rings is 1. The number of halogens is 1. The van der Waals surface area contributed by atoms with E-state index in [1.54, 1.807) is 25.6 Å². The van der Waals surface area contributed by atoms with Crippen molar-refractivity contribution in [3.05, 3.63) is 105 Å². The minimum atomic E-state index is -0.131. The molecule has 176 valence electrons. The maximum atomic E-state index is 13.8. The molecule has 8 heteroatoms. The van der Waals surface area contributed by atoms with Crippen molar-refractivity contribution in [2.24, 2.45) is 4.99 Å². The van der Waals surface area contributed by atoms with Crippen LogP contribution in [0.25, 0.3) is 11.8 Å². The van der Waals surface area contributed by atoms with Crippen LogP contribution in [0.15, 0.2) is 73.7 Å². The van der Waals surface area contributed by atoms with Crippen LogP contribution in [0.5, 0.6) is 11.5 Å². The van der Waals surface area contributed by atoms with Crippen LogP contribution >= 0.6 is 38.6 Å². The number of ether oxygens (including phenoxy) is 2. The molecule has 2 aromatic carbocycles. The van der Waals surface area contributed by atoms with Gasteiger partial charge in [0.25, 0.3) is 5.56 Å². The fraction of sp³-hybridized carbons (Fsp3) is 0.185. The molecule has 2 aliphatic rings. The number of aromatic nitrogens is 1. The van der Waals surface area contributed by atoms with Crippen LogP contribution in [0.4, 0.5) is 0 Å². The Morgan fingerprint density at radius 1 is 1.11 bits per heavy atom. The monoisotopic (exact) mass is 564 g/mol. The molecule has 5 nitrogen and oxygen atoms in total. The summed E-state index contributed by atoms with van der Waals surface area (Å²) in [5, 5.41) is 2.07. The van der Waals surface area contributed by atoms with Crippen LogP contribution in [0.1, 0.15) is 34.0 Å². The van der Waals surface area contributed by atoms with E-state index in [0.29, 0.717) is 16.0 Å². The van der Waals surface area contributed by atoms with Gasteiger partial charge in [-0.1, -0.05) is 41.7 Å². The van der Waals surface area contributed by atoms with Gasteiger partial charge in [-0.05, 0) is 75.1 Å². The van der Waals surface area contributed by atoms with Gasteiger partial charge in [-0.25, -0.2) is 4.99 Å². The van der Waals surface area contributed by atoms with Gasteiger partial charge in [-0.2, -0.15) is 0 Å². The highest BCUT2D eigenvalue weighted by Crippen LogP contribution is 2.42. The van der Waals surface area contributed by atoms with Gasteiger partial charge in [-0.15, -0.1) is 11.3 Å². The minimum absolute atomic E-state index is 0.0246. The first-order valence-corrected chi connectivity index (χ1v) is 13.7. The number of hydrogen-bond acceptors (Lipinski definition) is 6. The zero-order chi connectivity index (χ0) is 24.1. The molecule has 0 fully saturated rings. The minimum Gasteiger partial charge on any atom is -0.493 e. The van der Waals surface area contributed by atoms with Gasteiger partial charge in [0, 0.05) is 10.4 Å². The Hall–Kier alpha value is -2.94. The first kappa shape index (κ1) is 22.5. The highest BCUT2D eigenvalue weighted by atomic mass is 79.9. The zero-order valence-corrected chi connectivity index (χ0v) is 22.3. The largest absolute Gasteiger partial charge is 0.493 e.